The number of benzene rings is 1. The third-order valence-corrected chi connectivity index (χ3v) is 2.70. The van der Waals surface area contributed by atoms with Crippen LogP contribution in [0.4, 0.5) is 5.82 Å². The van der Waals surface area contributed by atoms with Gasteiger partial charge in [0, 0.05) is 12.6 Å². The number of nitrogens with one attached hydrogen (secondary N) is 1. The minimum absolute atomic E-state index is 0.617. The summed E-state index contributed by atoms with van der Waals surface area (Å²) in [6.07, 6.45) is 1.07. The Morgan fingerprint density at radius 2 is 1.84 bits per heavy atom. The summed E-state index contributed by atoms with van der Waals surface area (Å²) in [6.45, 7) is 7.17. The summed E-state index contributed by atoms with van der Waals surface area (Å²) in [4.78, 5) is 4.43. The lowest BCUT2D eigenvalue weighted by atomic mass is 10.1. The first-order chi connectivity index (χ1) is 9.17. The van der Waals surface area contributed by atoms with Gasteiger partial charge in [-0.25, -0.2) is 0 Å². The number of hydrogen-bond acceptors (Lipinski definition) is 3. The normalized spacial score (nSPS) is 10.3. The van der Waals surface area contributed by atoms with Crippen molar-refractivity contribution in [2.24, 2.45) is 0 Å². The summed E-state index contributed by atoms with van der Waals surface area (Å²) in [5.41, 5.74) is 2.38. The molecule has 100 valence electrons. The van der Waals surface area contributed by atoms with E-state index in [4.69, 9.17) is 4.74 Å². The van der Waals surface area contributed by atoms with Gasteiger partial charge < -0.3 is 10.1 Å². The maximum atomic E-state index is 5.81. The third-order valence-electron chi connectivity index (χ3n) is 2.70. The van der Waals surface area contributed by atoms with E-state index in [1.807, 2.05) is 30.3 Å². The molecule has 0 atom stereocenters. The number of rotatable bonds is 5. The van der Waals surface area contributed by atoms with Gasteiger partial charge in [0.05, 0.1) is 0 Å². The molecule has 1 N–H and O–H groups in total. The highest BCUT2D eigenvalue weighted by Gasteiger charge is 2.02. The molecule has 1 aromatic carbocycles. The van der Waals surface area contributed by atoms with Crippen LogP contribution in [0.5, 0.6) is 11.6 Å². The van der Waals surface area contributed by atoms with Crippen molar-refractivity contribution in [1.82, 2.24) is 4.98 Å². The second kappa shape index (κ2) is 6.23. The van der Waals surface area contributed by atoms with Crippen LogP contribution in [0.15, 0.2) is 36.4 Å². The Hall–Kier alpha value is -2.03. The molecule has 0 amide bonds. The summed E-state index contributed by atoms with van der Waals surface area (Å²) >= 11 is 0. The quantitative estimate of drug-likeness (QED) is 0.865. The Morgan fingerprint density at radius 3 is 2.53 bits per heavy atom. The number of pyridine rings is 1. The first kappa shape index (κ1) is 13.4. The van der Waals surface area contributed by atoms with Gasteiger partial charge >= 0.3 is 0 Å². The van der Waals surface area contributed by atoms with E-state index in [1.54, 1.807) is 0 Å². The first-order valence-corrected chi connectivity index (χ1v) is 6.64. The molecule has 0 bridgehead atoms. The maximum absolute atomic E-state index is 5.81. The standard InChI is InChI=1S/C16H20N2O/c1-4-8-17-15-6-5-7-16(18-15)19-14-10-12(2)9-13(3)11-14/h5-7,9-11H,4,8H2,1-3H3,(H,17,18). The molecular weight excluding hydrogens is 236 g/mol. The molecule has 19 heavy (non-hydrogen) atoms. The monoisotopic (exact) mass is 256 g/mol. The van der Waals surface area contributed by atoms with Crippen LogP contribution >= 0.6 is 0 Å². The number of anilines is 1. The highest BCUT2D eigenvalue weighted by Crippen LogP contribution is 2.23. The van der Waals surface area contributed by atoms with E-state index < -0.39 is 0 Å². The van der Waals surface area contributed by atoms with Crippen LogP contribution in [0.3, 0.4) is 0 Å². The largest absolute Gasteiger partial charge is 0.439 e. The number of hydrogen-bond donors (Lipinski definition) is 1. The van der Waals surface area contributed by atoms with Crippen molar-refractivity contribution in [1.29, 1.82) is 0 Å². The van der Waals surface area contributed by atoms with Crippen molar-refractivity contribution < 1.29 is 4.74 Å². The molecular formula is C16H20N2O. The fourth-order valence-electron chi connectivity index (χ4n) is 1.94. The molecule has 2 rings (SSSR count). The molecule has 0 fully saturated rings. The highest BCUT2D eigenvalue weighted by atomic mass is 16.5. The van der Waals surface area contributed by atoms with E-state index in [0.29, 0.717) is 5.88 Å². The average Bonchev–Trinajstić information content (AvgIpc) is 2.35. The minimum Gasteiger partial charge on any atom is -0.439 e. The summed E-state index contributed by atoms with van der Waals surface area (Å²) in [6, 6.07) is 11.9. The van der Waals surface area contributed by atoms with Crippen LogP contribution in [0.2, 0.25) is 0 Å². The molecule has 3 nitrogen and oxygen atoms in total. The van der Waals surface area contributed by atoms with Gasteiger partial charge in [-0.2, -0.15) is 4.98 Å². The SMILES string of the molecule is CCCNc1cccc(Oc2cc(C)cc(C)c2)n1. The van der Waals surface area contributed by atoms with Crippen molar-refractivity contribution in [2.75, 3.05) is 11.9 Å². The summed E-state index contributed by atoms with van der Waals surface area (Å²) in [5, 5.41) is 3.25. The fraction of sp³-hybridized carbons (Fsp3) is 0.312. The molecule has 1 aromatic heterocycles. The van der Waals surface area contributed by atoms with Crippen molar-refractivity contribution in [3.63, 3.8) is 0 Å². The summed E-state index contributed by atoms with van der Waals surface area (Å²) < 4.78 is 5.81. The number of nitrogens with zero attached hydrogens (tertiary/aromatic N) is 1. The lowest BCUT2D eigenvalue weighted by Crippen LogP contribution is -2.02. The molecule has 0 aliphatic rings. The van der Waals surface area contributed by atoms with Crippen LogP contribution in [0.25, 0.3) is 0 Å². The molecule has 0 aliphatic heterocycles. The Labute approximate surface area is 114 Å². The van der Waals surface area contributed by atoms with E-state index in [0.717, 1.165) is 24.5 Å². The van der Waals surface area contributed by atoms with Gasteiger partial charge in [-0.15, -0.1) is 0 Å². The molecule has 0 aliphatic carbocycles. The summed E-state index contributed by atoms with van der Waals surface area (Å²) in [5.74, 6) is 2.30. The Kier molecular flexibility index (Phi) is 4.39. The van der Waals surface area contributed by atoms with Crippen molar-refractivity contribution >= 4 is 5.82 Å². The second-order valence-corrected chi connectivity index (χ2v) is 4.71. The van der Waals surface area contributed by atoms with E-state index in [2.05, 4.69) is 37.1 Å². The molecule has 0 unspecified atom stereocenters. The average molecular weight is 256 g/mol. The fourth-order valence-corrected chi connectivity index (χ4v) is 1.94. The van der Waals surface area contributed by atoms with E-state index in [-0.39, 0.29) is 0 Å². The number of aryl methyl sites for hydroxylation is 2. The smallest absolute Gasteiger partial charge is 0.221 e. The van der Waals surface area contributed by atoms with Gasteiger partial charge in [0.2, 0.25) is 5.88 Å². The number of ether oxygens (including phenoxy) is 1. The Bertz CT molecular complexity index is 532. The zero-order valence-corrected chi connectivity index (χ0v) is 11.7. The van der Waals surface area contributed by atoms with Crippen molar-refractivity contribution in [3.8, 4) is 11.6 Å². The van der Waals surface area contributed by atoms with Crippen LogP contribution in [-0.4, -0.2) is 11.5 Å². The predicted octanol–water partition coefficient (Wildman–Crippen LogP) is 4.31. The molecule has 1 heterocycles. The zero-order chi connectivity index (χ0) is 13.7. The van der Waals surface area contributed by atoms with Gasteiger partial charge in [0.15, 0.2) is 0 Å². The van der Waals surface area contributed by atoms with Crippen LogP contribution in [-0.2, 0) is 0 Å². The molecule has 0 saturated carbocycles. The zero-order valence-electron chi connectivity index (χ0n) is 11.7. The van der Waals surface area contributed by atoms with Crippen LogP contribution in [0, 0.1) is 13.8 Å². The summed E-state index contributed by atoms with van der Waals surface area (Å²) in [7, 11) is 0. The van der Waals surface area contributed by atoms with Crippen molar-refractivity contribution in [2.45, 2.75) is 27.2 Å². The Morgan fingerprint density at radius 1 is 1.11 bits per heavy atom. The Balaban J connectivity index is 2.13. The maximum Gasteiger partial charge on any atom is 0.221 e. The third kappa shape index (κ3) is 3.98. The van der Waals surface area contributed by atoms with Gasteiger partial charge in [-0.1, -0.05) is 19.1 Å². The highest BCUT2D eigenvalue weighted by molar-refractivity contribution is 5.39. The van der Waals surface area contributed by atoms with Gasteiger partial charge in [-0.05, 0) is 49.6 Å². The van der Waals surface area contributed by atoms with Gasteiger partial charge in [0.1, 0.15) is 11.6 Å². The molecule has 0 saturated heterocycles. The van der Waals surface area contributed by atoms with Gasteiger partial charge in [-0.3, -0.25) is 0 Å². The molecule has 0 radical (unpaired) electrons. The second-order valence-electron chi connectivity index (χ2n) is 4.71. The van der Waals surface area contributed by atoms with Crippen LogP contribution < -0.4 is 10.1 Å². The lowest BCUT2D eigenvalue weighted by molar-refractivity contribution is 0.463. The lowest BCUT2D eigenvalue weighted by Gasteiger charge is -2.09. The van der Waals surface area contributed by atoms with Crippen LogP contribution in [0.1, 0.15) is 24.5 Å². The number of aromatic nitrogens is 1. The topological polar surface area (TPSA) is 34.1 Å². The molecule has 2 aromatic rings. The molecule has 0 spiro atoms. The first-order valence-electron chi connectivity index (χ1n) is 6.64. The van der Waals surface area contributed by atoms with Gasteiger partial charge in [0.25, 0.3) is 0 Å². The minimum atomic E-state index is 0.617. The molecule has 3 heteroatoms. The van der Waals surface area contributed by atoms with E-state index in [9.17, 15) is 0 Å². The van der Waals surface area contributed by atoms with E-state index >= 15 is 0 Å². The predicted molar refractivity (Wildman–Crippen MR) is 79.0 cm³/mol. The van der Waals surface area contributed by atoms with Crippen molar-refractivity contribution in [3.05, 3.63) is 47.5 Å². The van der Waals surface area contributed by atoms with E-state index in [1.165, 1.54) is 11.1 Å².